The van der Waals surface area contributed by atoms with Crippen molar-refractivity contribution in [3.8, 4) is 0 Å². The predicted molar refractivity (Wildman–Crippen MR) is 112 cm³/mol. The van der Waals surface area contributed by atoms with Crippen LogP contribution in [0.1, 0.15) is 61.5 Å². The van der Waals surface area contributed by atoms with Crippen molar-refractivity contribution < 1.29 is 0 Å². The van der Waals surface area contributed by atoms with Crippen LogP contribution in [0, 0.1) is 13.8 Å². The molecule has 3 heteroatoms. The maximum absolute atomic E-state index is 5.08. The molecule has 0 spiro atoms. The first-order valence-corrected chi connectivity index (χ1v) is 9.51. The molecule has 2 N–H and O–H groups in total. The Morgan fingerprint density at radius 2 is 2.15 bits per heavy atom. The van der Waals surface area contributed by atoms with Crippen LogP contribution in [0.15, 0.2) is 54.7 Å². The van der Waals surface area contributed by atoms with Gasteiger partial charge in [-0.15, -0.1) is 5.73 Å². The summed E-state index contributed by atoms with van der Waals surface area (Å²) in [6.45, 7) is 13.2. The van der Waals surface area contributed by atoms with E-state index in [-0.39, 0.29) is 0 Å². The van der Waals surface area contributed by atoms with Gasteiger partial charge < -0.3 is 10.6 Å². The highest BCUT2D eigenvalue weighted by Gasteiger charge is 2.17. The van der Waals surface area contributed by atoms with Gasteiger partial charge in [-0.2, -0.15) is 0 Å². The maximum Gasteiger partial charge on any atom is 0.0738 e. The number of aromatic nitrogens is 1. The van der Waals surface area contributed by atoms with Crippen LogP contribution in [0.2, 0.25) is 0 Å². The average Bonchev–Trinajstić information content (AvgIpc) is 2.64. The van der Waals surface area contributed by atoms with Crippen LogP contribution in [0.4, 0.5) is 0 Å². The van der Waals surface area contributed by atoms with Crippen molar-refractivity contribution >= 4 is 5.57 Å². The topological polar surface area (TPSA) is 37.0 Å². The summed E-state index contributed by atoms with van der Waals surface area (Å²) < 4.78 is 0. The SMILES string of the molecule is C=C=CNCC(CCC)c1cc(C)c(C)c(C2=C/C(=C/CC)NC=C2)n1. The van der Waals surface area contributed by atoms with Gasteiger partial charge in [0.25, 0.3) is 0 Å². The normalized spacial score (nSPS) is 15.8. The van der Waals surface area contributed by atoms with Gasteiger partial charge in [-0.3, -0.25) is 4.98 Å². The lowest BCUT2D eigenvalue weighted by Crippen LogP contribution is -2.18. The van der Waals surface area contributed by atoms with Crippen LogP contribution in [0.25, 0.3) is 5.57 Å². The Kier molecular flexibility index (Phi) is 7.50. The Labute approximate surface area is 158 Å². The molecule has 26 heavy (non-hydrogen) atoms. The van der Waals surface area contributed by atoms with Gasteiger partial charge in [0, 0.05) is 41.8 Å². The molecule has 0 amide bonds. The Bertz CT molecular complexity index is 762. The molecule has 2 rings (SSSR count). The second-order valence-corrected chi connectivity index (χ2v) is 6.72. The Morgan fingerprint density at radius 1 is 1.35 bits per heavy atom. The van der Waals surface area contributed by atoms with Crippen molar-refractivity contribution in [2.24, 2.45) is 0 Å². The van der Waals surface area contributed by atoms with E-state index in [0.29, 0.717) is 5.92 Å². The summed E-state index contributed by atoms with van der Waals surface area (Å²) in [7, 11) is 0. The Balaban J connectivity index is 2.43. The number of nitrogens with zero attached hydrogens (tertiary/aromatic N) is 1. The molecule has 0 fully saturated rings. The van der Waals surface area contributed by atoms with E-state index in [1.165, 1.54) is 16.7 Å². The molecule has 138 valence electrons. The van der Waals surface area contributed by atoms with Gasteiger partial charge in [-0.25, -0.2) is 0 Å². The number of aryl methyl sites for hydroxylation is 1. The van der Waals surface area contributed by atoms with E-state index in [2.05, 4.69) is 74.9 Å². The minimum absolute atomic E-state index is 0.375. The summed E-state index contributed by atoms with van der Waals surface area (Å²) >= 11 is 0. The molecule has 0 saturated heterocycles. The third-order valence-corrected chi connectivity index (χ3v) is 4.70. The highest BCUT2D eigenvalue weighted by atomic mass is 14.9. The smallest absolute Gasteiger partial charge is 0.0738 e. The van der Waals surface area contributed by atoms with Gasteiger partial charge in [0.1, 0.15) is 0 Å². The second kappa shape index (κ2) is 9.84. The first-order chi connectivity index (χ1) is 12.6. The van der Waals surface area contributed by atoms with E-state index in [1.807, 2.05) is 6.20 Å². The maximum atomic E-state index is 5.08. The zero-order valence-corrected chi connectivity index (χ0v) is 16.5. The molecule has 1 aliphatic rings. The fourth-order valence-corrected chi connectivity index (χ4v) is 3.20. The van der Waals surface area contributed by atoms with Crippen molar-refractivity contribution in [1.29, 1.82) is 0 Å². The molecule has 1 aromatic rings. The summed E-state index contributed by atoms with van der Waals surface area (Å²) in [5.74, 6) is 0.375. The van der Waals surface area contributed by atoms with Crippen LogP contribution in [-0.4, -0.2) is 11.5 Å². The molecule has 1 unspecified atom stereocenters. The number of allylic oxidation sites excluding steroid dienone is 4. The standard InChI is InChI=1S/C23H31N3/c1-6-9-20(16-24-12-8-3)22-14-17(4)18(5)23(26-22)19-11-13-25-21(15-19)10-7-2/h10-15,20,24-25H,3,6-7,9,16H2,1-2,4-5H3/b21-10-. The van der Waals surface area contributed by atoms with Crippen LogP contribution in [-0.2, 0) is 0 Å². The van der Waals surface area contributed by atoms with E-state index in [4.69, 9.17) is 4.98 Å². The number of hydrogen-bond acceptors (Lipinski definition) is 3. The average molecular weight is 350 g/mol. The minimum Gasteiger partial charge on any atom is -0.384 e. The first-order valence-electron chi connectivity index (χ1n) is 9.51. The van der Waals surface area contributed by atoms with E-state index < -0.39 is 0 Å². The zero-order chi connectivity index (χ0) is 18.9. The Morgan fingerprint density at radius 3 is 2.85 bits per heavy atom. The largest absolute Gasteiger partial charge is 0.384 e. The summed E-state index contributed by atoms with van der Waals surface area (Å²) in [5, 5.41) is 6.58. The van der Waals surface area contributed by atoms with Crippen LogP contribution in [0.3, 0.4) is 0 Å². The highest BCUT2D eigenvalue weighted by molar-refractivity contribution is 5.77. The second-order valence-electron chi connectivity index (χ2n) is 6.72. The lowest BCUT2D eigenvalue weighted by Gasteiger charge is -2.20. The number of nitrogens with one attached hydrogen (secondary N) is 2. The number of hydrogen-bond donors (Lipinski definition) is 2. The number of rotatable bonds is 8. The van der Waals surface area contributed by atoms with Gasteiger partial charge in [0.05, 0.1) is 5.69 Å². The molecular weight excluding hydrogens is 318 g/mol. The molecule has 1 aliphatic heterocycles. The minimum atomic E-state index is 0.375. The third-order valence-electron chi connectivity index (χ3n) is 4.70. The van der Waals surface area contributed by atoms with Gasteiger partial charge in [-0.05, 0) is 56.0 Å². The number of pyridine rings is 1. The molecule has 3 nitrogen and oxygen atoms in total. The monoisotopic (exact) mass is 349 g/mol. The fraction of sp³-hybridized carbons (Fsp3) is 0.391. The molecule has 1 aromatic heterocycles. The van der Waals surface area contributed by atoms with Crippen LogP contribution < -0.4 is 10.6 Å². The lowest BCUT2D eigenvalue weighted by atomic mass is 9.94. The van der Waals surface area contributed by atoms with Crippen molar-refractivity contribution in [3.63, 3.8) is 0 Å². The molecule has 0 radical (unpaired) electrons. The quantitative estimate of drug-likeness (QED) is 0.628. The van der Waals surface area contributed by atoms with Crippen molar-refractivity contribution in [3.05, 3.63) is 77.2 Å². The van der Waals surface area contributed by atoms with Gasteiger partial charge in [0.2, 0.25) is 0 Å². The molecule has 2 heterocycles. The van der Waals surface area contributed by atoms with Crippen LogP contribution >= 0.6 is 0 Å². The Hall–Kier alpha value is -2.51. The molecule has 0 aliphatic carbocycles. The van der Waals surface area contributed by atoms with E-state index >= 15 is 0 Å². The van der Waals surface area contributed by atoms with Crippen molar-refractivity contribution in [2.45, 2.75) is 52.9 Å². The van der Waals surface area contributed by atoms with Crippen molar-refractivity contribution in [1.82, 2.24) is 15.6 Å². The summed E-state index contributed by atoms with van der Waals surface area (Å²) in [6.07, 6.45) is 13.5. The van der Waals surface area contributed by atoms with Crippen molar-refractivity contribution in [2.75, 3.05) is 6.54 Å². The van der Waals surface area contributed by atoms with Crippen LogP contribution in [0.5, 0.6) is 0 Å². The molecule has 1 atom stereocenters. The van der Waals surface area contributed by atoms with E-state index in [0.717, 1.165) is 42.9 Å². The number of dihydropyridines is 1. The van der Waals surface area contributed by atoms with E-state index in [9.17, 15) is 0 Å². The molecule has 0 aromatic carbocycles. The third kappa shape index (κ3) is 5.00. The van der Waals surface area contributed by atoms with Gasteiger partial charge in [0.15, 0.2) is 0 Å². The molecular formula is C23H31N3. The summed E-state index contributed by atoms with van der Waals surface area (Å²) in [4.78, 5) is 5.08. The van der Waals surface area contributed by atoms with E-state index in [1.54, 1.807) is 6.20 Å². The summed E-state index contributed by atoms with van der Waals surface area (Å²) in [6, 6.07) is 2.24. The molecule has 0 bridgehead atoms. The van der Waals surface area contributed by atoms with Gasteiger partial charge >= 0.3 is 0 Å². The predicted octanol–water partition coefficient (Wildman–Crippen LogP) is 5.26. The lowest BCUT2D eigenvalue weighted by molar-refractivity contribution is 0.573. The fourth-order valence-electron chi connectivity index (χ4n) is 3.20. The summed E-state index contributed by atoms with van der Waals surface area (Å²) in [5.41, 5.74) is 9.86. The first kappa shape index (κ1) is 19.8. The van der Waals surface area contributed by atoms with Gasteiger partial charge in [-0.1, -0.05) is 32.9 Å². The molecule has 0 saturated carbocycles. The highest BCUT2D eigenvalue weighted by Crippen LogP contribution is 2.28. The zero-order valence-electron chi connectivity index (χ0n) is 16.5.